The standard InChI is InChI=1S/C32H39N3O3/c1-7-13-25-18-23(20-35-27(9-3)34-28-21(4)17-22(5)33-31(28)35)19-26(14-8-2)29(25)38-30(32(36)37-6)24-15-11-10-12-16-24/h10-12,15-19,30H,7-9,13-14,20H2,1-6H3. The highest BCUT2D eigenvalue weighted by Crippen LogP contribution is 2.34. The molecular formula is C32H39N3O3. The minimum Gasteiger partial charge on any atom is -0.473 e. The van der Waals surface area contributed by atoms with Gasteiger partial charge < -0.3 is 14.0 Å². The SMILES string of the molecule is CCCc1cc(Cn2c(CC)nc3c(C)cc(C)nc32)cc(CCC)c1OC(C(=O)OC)c1ccccc1. The molecule has 6 heteroatoms. The van der Waals surface area contributed by atoms with Crippen LogP contribution in [0.2, 0.25) is 0 Å². The zero-order valence-corrected chi connectivity index (χ0v) is 23.5. The zero-order chi connectivity index (χ0) is 27.2. The molecule has 0 radical (unpaired) electrons. The Bertz CT molecular complexity index is 1380. The van der Waals surface area contributed by atoms with Crippen LogP contribution in [-0.2, 0) is 35.3 Å². The van der Waals surface area contributed by atoms with Gasteiger partial charge in [0.15, 0.2) is 5.65 Å². The summed E-state index contributed by atoms with van der Waals surface area (Å²) in [6.45, 7) is 11.3. The fourth-order valence-electron chi connectivity index (χ4n) is 5.15. The van der Waals surface area contributed by atoms with Gasteiger partial charge in [-0.3, -0.25) is 0 Å². The minimum atomic E-state index is -0.822. The van der Waals surface area contributed by atoms with Gasteiger partial charge in [-0.25, -0.2) is 14.8 Å². The van der Waals surface area contributed by atoms with Crippen molar-refractivity contribution in [1.82, 2.24) is 14.5 Å². The number of carbonyl (C=O) groups is 1. The fourth-order valence-corrected chi connectivity index (χ4v) is 5.15. The number of aryl methyl sites for hydroxylation is 5. The van der Waals surface area contributed by atoms with Gasteiger partial charge in [0.2, 0.25) is 6.10 Å². The summed E-state index contributed by atoms with van der Waals surface area (Å²) >= 11 is 0. The average Bonchev–Trinajstić information content (AvgIpc) is 3.26. The molecule has 0 N–H and O–H groups in total. The molecule has 0 saturated heterocycles. The smallest absolute Gasteiger partial charge is 0.351 e. The lowest BCUT2D eigenvalue weighted by Gasteiger charge is -2.23. The summed E-state index contributed by atoms with van der Waals surface area (Å²) in [5.41, 5.74) is 8.24. The molecule has 200 valence electrons. The average molecular weight is 514 g/mol. The maximum absolute atomic E-state index is 12.8. The molecule has 0 aliphatic heterocycles. The first-order valence-corrected chi connectivity index (χ1v) is 13.7. The normalized spacial score (nSPS) is 12.1. The van der Waals surface area contributed by atoms with Crippen LogP contribution in [0.5, 0.6) is 5.75 Å². The molecule has 0 aliphatic carbocycles. The lowest BCUT2D eigenvalue weighted by Crippen LogP contribution is -2.21. The quantitative estimate of drug-likeness (QED) is 0.205. The summed E-state index contributed by atoms with van der Waals surface area (Å²) in [5.74, 6) is 1.43. The Morgan fingerprint density at radius 3 is 2.18 bits per heavy atom. The van der Waals surface area contributed by atoms with Crippen molar-refractivity contribution in [3.8, 4) is 5.75 Å². The third-order valence-electron chi connectivity index (χ3n) is 6.85. The van der Waals surface area contributed by atoms with Gasteiger partial charge >= 0.3 is 5.97 Å². The second-order valence-corrected chi connectivity index (χ2v) is 9.90. The number of aromatic nitrogens is 3. The Hall–Kier alpha value is -3.67. The number of hydrogen-bond donors (Lipinski definition) is 0. The highest BCUT2D eigenvalue weighted by Gasteiger charge is 2.26. The van der Waals surface area contributed by atoms with Crippen molar-refractivity contribution < 1.29 is 14.3 Å². The van der Waals surface area contributed by atoms with Crippen LogP contribution in [-0.4, -0.2) is 27.6 Å². The van der Waals surface area contributed by atoms with Crippen LogP contribution in [0.1, 0.15) is 79.1 Å². The van der Waals surface area contributed by atoms with Crippen molar-refractivity contribution in [2.24, 2.45) is 0 Å². The maximum Gasteiger partial charge on any atom is 0.351 e. The second kappa shape index (κ2) is 12.2. The van der Waals surface area contributed by atoms with Crippen LogP contribution in [0.25, 0.3) is 11.2 Å². The Labute approximate surface area is 226 Å². The van der Waals surface area contributed by atoms with Crippen LogP contribution in [0.15, 0.2) is 48.5 Å². The summed E-state index contributed by atoms with van der Waals surface area (Å²) in [6, 6.07) is 16.1. The maximum atomic E-state index is 12.8. The molecule has 2 aromatic carbocycles. The van der Waals surface area contributed by atoms with Crippen molar-refractivity contribution in [1.29, 1.82) is 0 Å². The number of ether oxygens (including phenoxy) is 2. The number of nitrogens with zero attached hydrogens (tertiary/aromatic N) is 3. The minimum absolute atomic E-state index is 0.403. The Morgan fingerprint density at radius 1 is 0.947 bits per heavy atom. The summed E-state index contributed by atoms with van der Waals surface area (Å²) in [5, 5.41) is 0. The summed E-state index contributed by atoms with van der Waals surface area (Å²) < 4.78 is 13.9. The highest BCUT2D eigenvalue weighted by atomic mass is 16.6. The molecule has 0 fully saturated rings. The van der Waals surface area contributed by atoms with Gasteiger partial charge in [-0.1, -0.05) is 76.1 Å². The number of hydrogen-bond acceptors (Lipinski definition) is 5. The monoisotopic (exact) mass is 513 g/mol. The number of pyridine rings is 1. The fraction of sp³-hybridized carbons (Fsp3) is 0.406. The molecule has 6 nitrogen and oxygen atoms in total. The van der Waals surface area contributed by atoms with Crippen LogP contribution < -0.4 is 4.74 Å². The Morgan fingerprint density at radius 2 is 1.61 bits per heavy atom. The predicted molar refractivity (Wildman–Crippen MR) is 152 cm³/mol. The van der Waals surface area contributed by atoms with Crippen molar-refractivity contribution in [3.63, 3.8) is 0 Å². The lowest BCUT2D eigenvalue weighted by molar-refractivity contribution is -0.149. The molecule has 1 unspecified atom stereocenters. The number of methoxy groups -OCH3 is 1. The van der Waals surface area contributed by atoms with E-state index in [1.54, 1.807) is 0 Å². The molecule has 0 saturated carbocycles. The van der Waals surface area contributed by atoms with E-state index in [0.29, 0.717) is 6.54 Å². The van der Waals surface area contributed by atoms with Gasteiger partial charge in [-0.05, 0) is 55.0 Å². The molecule has 2 aromatic heterocycles. The molecule has 1 atom stereocenters. The van der Waals surface area contributed by atoms with Gasteiger partial charge in [0.05, 0.1) is 13.7 Å². The van der Waals surface area contributed by atoms with Crippen molar-refractivity contribution >= 4 is 17.1 Å². The topological polar surface area (TPSA) is 66.2 Å². The first-order chi connectivity index (χ1) is 18.4. The van der Waals surface area contributed by atoms with E-state index in [2.05, 4.69) is 50.5 Å². The van der Waals surface area contributed by atoms with E-state index < -0.39 is 12.1 Å². The molecular weight excluding hydrogens is 474 g/mol. The van der Waals surface area contributed by atoms with E-state index in [1.165, 1.54) is 12.7 Å². The number of esters is 1. The Balaban J connectivity index is 1.81. The number of rotatable bonds is 11. The number of imidazole rings is 1. The molecule has 38 heavy (non-hydrogen) atoms. The van der Waals surface area contributed by atoms with E-state index in [9.17, 15) is 4.79 Å². The summed E-state index contributed by atoms with van der Waals surface area (Å²) in [6.07, 6.45) is 3.64. The van der Waals surface area contributed by atoms with E-state index in [1.807, 2.05) is 37.3 Å². The van der Waals surface area contributed by atoms with Crippen LogP contribution >= 0.6 is 0 Å². The van der Waals surface area contributed by atoms with Gasteiger partial charge in [-0.15, -0.1) is 0 Å². The first-order valence-electron chi connectivity index (χ1n) is 13.7. The molecule has 0 spiro atoms. The van der Waals surface area contributed by atoms with Crippen molar-refractivity contribution in [2.75, 3.05) is 7.11 Å². The summed E-state index contributed by atoms with van der Waals surface area (Å²) in [4.78, 5) is 22.6. The van der Waals surface area contributed by atoms with E-state index in [4.69, 9.17) is 19.4 Å². The predicted octanol–water partition coefficient (Wildman–Crippen LogP) is 6.86. The second-order valence-electron chi connectivity index (χ2n) is 9.90. The third-order valence-corrected chi connectivity index (χ3v) is 6.85. The van der Waals surface area contributed by atoms with E-state index in [0.717, 1.165) is 82.8 Å². The van der Waals surface area contributed by atoms with Crippen LogP contribution in [0.3, 0.4) is 0 Å². The highest BCUT2D eigenvalue weighted by molar-refractivity contribution is 5.77. The number of carbonyl (C=O) groups excluding carboxylic acids is 1. The van der Waals surface area contributed by atoms with Gasteiger partial charge in [0, 0.05) is 17.7 Å². The van der Waals surface area contributed by atoms with Gasteiger partial charge in [-0.2, -0.15) is 0 Å². The van der Waals surface area contributed by atoms with Crippen LogP contribution in [0, 0.1) is 13.8 Å². The number of fused-ring (bicyclic) bond motifs is 1. The van der Waals surface area contributed by atoms with E-state index >= 15 is 0 Å². The molecule has 4 rings (SSSR count). The molecule has 0 aliphatic rings. The molecule has 4 aromatic rings. The largest absolute Gasteiger partial charge is 0.473 e. The van der Waals surface area contributed by atoms with Crippen molar-refractivity contribution in [2.45, 2.75) is 79.4 Å². The zero-order valence-electron chi connectivity index (χ0n) is 23.5. The van der Waals surface area contributed by atoms with Gasteiger partial charge in [0.1, 0.15) is 17.1 Å². The number of benzene rings is 2. The van der Waals surface area contributed by atoms with E-state index in [-0.39, 0.29) is 0 Å². The molecule has 0 amide bonds. The molecule has 0 bridgehead atoms. The van der Waals surface area contributed by atoms with Gasteiger partial charge in [0.25, 0.3) is 0 Å². The molecule has 2 heterocycles. The Kier molecular flexibility index (Phi) is 8.82. The third kappa shape index (κ3) is 5.74. The van der Waals surface area contributed by atoms with Crippen LogP contribution in [0.4, 0.5) is 0 Å². The first kappa shape index (κ1) is 27.4. The van der Waals surface area contributed by atoms with Crippen molar-refractivity contribution in [3.05, 3.63) is 87.9 Å². The lowest BCUT2D eigenvalue weighted by atomic mass is 9.97. The summed E-state index contributed by atoms with van der Waals surface area (Å²) in [7, 11) is 1.41.